The lowest BCUT2D eigenvalue weighted by Crippen LogP contribution is -2.08. The van der Waals surface area contributed by atoms with Crippen LogP contribution < -0.4 is 0 Å². The molecule has 0 aliphatic heterocycles. The molecule has 0 heterocycles. The maximum atomic E-state index is 2.52. The molecule has 0 amide bonds. The average Bonchev–Trinajstić information content (AvgIpc) is 3.11. The van der Waals surface area contributed by atoms with Crippen LogP contribution in [0.25, 0.3) is 6.08 Å². The molecular weight excluding hydrogens is 300 g/mol. The van der Waals surface area contributed by atoms with E-state index in [0.717, 1.165) is 25.2 Å². The summed E-state index contributed by atoms with van der Waals surface area (Å²) in [5, 5.41) is 0. The Labute approximate surface area is 153 Å². The SMILES string of the molecule is CCc1ccc(CCc2ccc3c(c2)C=C(C2CCCCC2)C3)cc1. The van der Waals surface area contributed by atoms with Gasteiger partial charge in [-0.1, -0.05) is 80.3 Å². The fraction of sp³-hybridized carbons (Fsp3) is 0.440. The van der Waals surface area contributed by atoms with E-state index >= 15 is 0 Å². The Bertz CT molecular complexity index is 742. The fourth-order valence-electron chi connectivity index (χ4n) is 4.53. The number of hydrogen-bond acceptors (Lipinski definition) is 0. The van der Waals surface area contributed by atoms with E-state index in [1.807, 2.05) is 0 Å². The first-order valence-electron chi connectivity index (χ1n) is 10.2. The van der Waals surface area contributed by atoms with Crippen LogP contribution in [0.3, 0.4) is 0 Å². The molecule has 0 bridgehead atoms. The minimum atomic E-state index is 0.863. The van der Waals surface area contributed by atoms with Crippen molar-refractivity contribution in [2.75, 3.05) is 0 Å². The summed E-state index contributed by atoms with van der Waals surface area (Å²) < 4.78 is 0. The van der Waals surface area contributed by atoms with Crippen molar-refractivity contribution in [3.05, 3.63) is 75.9 Å². The Morgan fingerprint density at radius 1 is 0.800 bits per heavy atom. The highest BCUT2D eigenvalue weighted by Gasteiger charge is 2.22. The van der Waals surface area contributed by atoms with E-state index in [2.05, 4.69) is 55.5 Å². The van der Waals surface area contributed by atoms with Crippen LogP contribution in [0.2, 0.25) is 0 Å². The van der Waals surface area contributed by atoms with Crippen molar-refractivity contribution in [2.24, 2.45) is 5.92 Å². The Hall–Kier alpha value is -1.82. The normalized spacial score (nSPS) is 17.4. The largest absolute Gasteiger partial charge is 0.0621 e. The van der Waals surface area contributed by atoms with Gasteiger partial charge in [0.1, 0.15) is 0 Å². The molecule has 0 heteroatoms. The molecule has 0 unspecified atom stereocenters. The molecular formula is C25H30. The highest BCUT2D eigenvalue weighted by molar-refractivity contribution is 5.65. The Kier molecular flexibility index (Phi) is 5.06. The highest BCUT2D eigenvalue weighted by Crippen LogP contribution is 2.37. The number of aryl methyl sites for hydroxylation is 3. The number of hydrogen-bond donors (Lipinski definition) is 0. The molecule has 130 valence electrons. The second-order valence-electron chi connectivity index (χ2n) is 7.93. The van der Waals surface area contributed by atoms with Crippen LogP contribution in [0, 0.1) is 5.92 Å². The molecule has 0 atom stereocenters. The maximum Gasteiger partial charge on any atom is -0.00550 e. The minimum Gasteiger partial charge on any atom is -0.0621 e. The Balaban J connectivity index is 1.41. The van der Waals surface area contributed by atoms with Crippen molar-refractivity contribution in [1.82, 2.24) is 0 Å². The van der Waals surface area contributed by atoms with Gasteiger partial charge in [0.2, 0.25) is 0 Å². The molecule has 4 rings (SSSR count). The third kappa shape index (κ3) is 3.89. The van der Waals surface area contributed by atoms with Crippen LogP contribution in [0.1, 0.15) is 66.8 Å². The lowest BCUT2D eigenvalue weighted by molar-refractivity contribution is 0.401. The molecule has 25 heavy (non-hydrogen) atoms. The summed E-state index contributed by atoms with van der Waals surface area (Å²) >= 11 is 0. The molecule has 1 saturated carbocycles. The molecule has 2 aromatic rings. The predicted molar refractivity (Wildman–Crippen MR) is 108 cm³/mol. The molecule has 0 saturated heterocycles. The Morgan fingerprint density at radius 2 is 1.48 bits per heavy atom. The number of rotatable bonds is 5. The summed E-state index contributed by atoms with van der Waals surface area (Å²) in [7, 11) is 0. The Morgan fingerprint density at radius 3 is 2.24 bits per heavy atom. The van der Waals surface area contributed by atoms with E-state index < -0.39 is 0 Å². The van der Waals surface area contributed by atoms with Gasteiger partial charge in [0.05, 0.1) is 0 Å². The van der Waals surface area contributed by atoms with Gasteiger partial charge in [-0.2, -0.15) is 0 Å². The van der Waals surface area contributed by atoms with Gasteiger partial charge in [0.15, 0.2) is 0 Å². The van der Waals surface area contributed by atoms with E-state index in [1.165, 1.54) is 60.8 Å². The second-order valence-corrected chi connectivity index (χ2v) is 7.93. The molecule has 0 aromatic heterocycles. The van der Waals surface area contributed by atoms with Gasteiger partial charge in [0.25, 0.3) is 0 Å². The summed E-state index contributed by atoms with van der Waals surface area (Å²) in [5.41, 5.74) is 9.13. The van der Waals surface area contributed by atoms with Gasteiger partial charge >= 0.3 is 0 Å². The van der Waals surface area contributed by atoms with Crippen LogP contribution in [0.5, 0.6) is 0 Å². The van der Waals surface area contributed by atoms with Gasteiger partial charge in [-0.3, -0.25) is 0 Å². The van der Waals surface area contributed by atoms with Crippen LogP contribution in [0.4, 0.5) is 0 Å². The molecule has 1 fully saturated rings. The topological polar surface area (TPSA) is 0 Å². The number of benzene rings is 2. The average molecular weight is 331 g/mol. The van der Waals surface area contributed by atoms with Gasteiger partial charge in [-0.25, -0.2) is 0 Å². The van der Waals surface area contributed by atoms with Crippen LogP contribution in [0.15, 0.2) is 48.0 Å². The quantitative estimate of drug-likeness (QED) is 0.583. The van der Waals surface area contributed by atoms with Crippen molar-refractivity contribution in [2.45, 2.75) is 64.7 Å². The molecule has 0 radical (unpaired) electrons. The summed E-state index contributed by atoms with van der Waals surface area (Å²) in [5.74, 6) is 0.863. The maximum absolute atomic E-state index is 2.52. The fourth-order valence-corrected chi connectivity index (χ4v) is 4.53. The van der Waals surface area contributed by atoms with Crippen molar-refractivity contribution in [1.29, 1.82) is 0 Å². The third-order valence-electron chi connectivity index (χ3n) is 6.21. The lowest BCUT2D eigenvalue weighted by Gasteiger charge is -2.22. The van der Waals surface area contributed by atoms with Crippen molar-refractivity contribution >= 4 is 6.08 Å². The standard InChI is InChI=1S/C25H30/c1-2-19-8-10-20(11-9-19)12-13-21-14-15-23-17-25(18-24(23)16-21)22-6-4-3-5-7-22/h8-11,14-16,18,22H,2-7,12-13,17H2,1H3. The van der Waals surface area contributed by atoms with Gasteiger partial charge in [-0.15, -0.1) is 0 Å². The van der Waals surface area contributed by atoms with E-state index in [9.17, 15) is 0 Å². The summed E-state index contributed by atoms with van der Waals surface area (Å²) in [6, 6.07) is 16.3. The molecule has 2 aromatic carbocycles. The van der Waals surface area contributed by atoms with E-state index in [4.69, 9.17) is 0 Å². The summed E-state index contributed by atoms with van der Waals surface area (Å²) in [4.78, 5) is 0. The zero-order valence-corrected chi connectivity index (χ0v) is 15.6. The first kappa shape index (κ1) is 16.6. The molecule has 0 nitrogen and oxygen atoms in total. The van der Waals surface area contributed by atoms with Crippen molar-refractivity contribution in [3.63, 3.8) is 0 Å². The number of fused-ring (bicyclic) bond motifs is 1. The monoisotopic (exact) mass is 330 g/mol. The number of allylic oxidation sites excluding steroid dienone is 1. The van der Waals surface area contributed by atoms with Crippen LogP contribution in [-0.2, 0) is 25.7 Å². The first-order chi connectivity index (χ1) is 12.3. The first-order valence-corrected chi connectivity index (χ1v) is 10.2. The molecule has 2 aliphatic carbocycles. The molecule has 0 N–H and O–H groups in total. The minimum absolute atomic E-state index is 0.863. The van der Waals surface area contributed by atoms with Gasteiger partial charge < -0.3 is 0 Å². The molecule has 0 spiro atoms. The van der Waals surface area contributed by atoms with E-state index in [1.54, 1.807) is 11.1 Å². The predicted octanol–water partition coefficient (Wildman–Crippen LogP) is 6.55. The highest BCUT2D eigenvalue weighted by atomic mass is 14.3. The lowest BCUT2D eigenvalue weighted by atomic mass is 9.83. The molecule has 2 aliphatic rings. The van der Waals surface area contributed by atoms with Gasteiger partial charge in [-0.05, 0) is 72.3 Å². The summed E-state index contributed by atoms with van der Waals surface area (Å²) in [6.45, 7) is 2.22. The second kappa shape index (κ2) is 7.60. The van der Waals surface area contributed by atoms with Crippen LogP contribution >= 0.6 is 0 Å². The smallest absolute Gasteiger partial charge is 0.00550 e. The van der Waals surface area contributed by atoms with Crippen molar-refractivity contribution < 1.29 is 0 Å². The zero-order chi connectivity index (χ0) is 17.1. The van der Waals surface area contributed by atoms with E-state index in [-0.39, 0.29) is 0 Å². The van der Waals surface area contributed by atoms with Gasteiger partial charge in [0, 0.05) is 0 Å². The van der Waals surface area contributed by atoms with E-state index in [0.29, 0.717) is 0 Å². The zero-order valence-electron chi connectivity index (χ0n) is 15.6. The third-order valence-corrected chi connectivity index (χ3v) is 6.21. The summed E-state index contributed by atoms with van der Waals surface area (Å²) in [6.07, 6.45) is 14.3. The van der Waals surface area contributed by atoms with Crippen molar-refractivity contribution in [3.8, 4) is 0 Å². The van der Waals surface area contributed by atoms with Crippen LogP contribution in [-0.4, -0.2) is 0 Å².